The van der Waals surface area contributed by atoms with Gasteiger partial charge in [-0.1, -0.05) is 19.9 Å². The predicted molar refractivity (Wildman–Crippen MR) is 76.7 cm³/mol. The largest absolute Gasteiger partial charge is 0.389 e. The highest BCUT2D eigenvalue weighted by Gasteiger charge is 2.22. The van der Waals surface area contributed by atoms with Gasteiger partial charge in [-0.05, 0) is 36.5 Å². The summed E-state index contributed by atoms with van der Waals surface area (Å²) in [6.45, 7) is 5.81. The molecule has 2 N–H and O–H groups in total. The second-order valence-electron chi connectivity index (χ2n) is 5.50. The van der Waals surface area contributed by atoms with Crippen LogP contribution in [0, 0.1) is 5.41 Å². The van der Waals surface area contributed by atoms with Gasteiger partial charge in [-0.3, -0.25) is 0 Å². The Bertz CT molecular complexity index is 427. The van der Waals surface area contributed by atoms with Gasteiger partial charge in [0.1, 0.15) is 12.1 Å². The molecule has 0 saturated carbocycles. The number of aliphatic hydroxyl groups is 1. The second kappa shape index (κ2) is 7.04. The van der Waals surface area contributed by atoms with Crippen LogP contribution in [-0.4, -0.2) is 22.5 Å². The molecule has 0 spiro atoms. The number of carbonyl (C=O) groups is 1. The molecule has 0 aliphatic carbocycles. The van der Waals surface area contributed by atoms with Crippen molar-refractivity contribution in [3.8, 4) is 0 Å². The third-order valence-corrected chi connectivity index (χ3v) is 3.02. The summed E-state index contributed by atoms with van der Waals surface area (Å²) in [5.41, 5.74) is 0.631. The third kappa shape index (κ3) is 5.66. The van der Waals surface area contributed by atoms with Crippen molar-refractivity contribution in [2.24, 2.45) is 5.41 Å². The first-order valence-corrected chi connectivity index (χ1v) is 6.40. The van der Waals surface area contributed by atoms with Gasteiger partial charge in [0.15, 0.2) is 0 Å². The highest BCUT2D eigenvalue weighted by molar-refractivity contribution is 5.50. The Labute approximate surface area is 114 Å². The van der Waals surface area contributed by atoms with Crippen LogP contribution in [0.2, 0.25) is 0 Å². The summed E-state index contributed by atoms with van der Waals surface area (Å²) < 4.78 is 0. The highest BCUT2D eigenvalue weighted by atomic mass is 16.3. The maximum absolute atomic E-state index is 10.6. The van der Waals surface area contributed by atoms with Crippen LogP contribution in [-0.2, 0) is 4.79 Å². The standard InChI is InChI=1S/C15H22N2O2/c1-12(11-17-14-6-4-5-8-16-14)13(19)10-15(2,3)7-9-18/h4-6,8-9,11,13,19H,7,10H2,1-3H3,(H,16,17)/b12-11+. The van der Waals surface area contributed by atoms with Gasteiger partial charge >= 0.3 is 0 Å². The Balaban J connectivity index is 2.56. The van der Waals surface area contributed by atoms with Crippen molar-refractivity contribution in [2.45, 2.75) is 39.7 Å². The molecular weight excluding hydrogens is 240 g/mol. The fourth-order valence-electron chi connectivity index (χ4n) is 1.73. The van der Waals surface area contributed by atoms with Gasteiger partial charge in [0.2, 0.25) is 0 Å². The van der Waals surface area contributed by atoms with E-state index < -0.39 is 6.10 Å². The molecule has 0 saturated heterocycles. The molecule has 0 fully saturated rings. The number of carbonyl (C=O) groups excluding carboxylic acids is 1. The Morgan fingerprint density at radius 1 is 1.53 bits per heavy atom. The maximum atomic E-state index is 10.6. The van der Waals surface area contributed by atoms with E-state index in [-0.39, 0.29) is 5.41 Å². The normalized spacial score (nSPS) is 14.0. The number of hydrogen-bond donors (Lipinski definition) is 2. The third-order valence-electron chi connectivity index (χ3n) is 3.02. The Kier molecular flexibility index (Phi) is 5.70. The minimum absolute atomic E-state index is 0.193. The molecule has 0 radical (unpaired) electrons. The molecular formula is C15H22N2O2. The van der Waals surface area contributed by atoms with E-state index in [0.29, 0.717) is 12.8 Å². The zero-order valence-corrected chi connectivity index (χ0v) is 11.8. The molecule has 0 amide bonds. The molecule has 1 rings (SSSR count). The van der Waals surface area contributed by atoms with Crippen molar-refractivity contribution < 1.29 is 9.90 Å². The molecule has 1 unspecified atom stereocenters. The van der Waals surface area contributed by atoms with Crippen LogP contribution in [0.5, 0.6) is 0 Å². The lowest BCUT2D eigenvalue weighted by molar-refractivity contribution is -0.109. The molecule has 0 aliphatic rings. The smallest absolute Gasteiger partial charge is 0.129 e. The zero-order valence-electron chi connectivity index (χ0n) is 11.8. The van der Waals surface area contributed by atoms with E-state index in [1.807, 2.05) is 39.0 Å². The Morgan fingerprint density at radius 2 is 2.26 bits per heavy atom. The molecule has 1 aromatic heterocycles. The first-order valence-electron chi connectivity index (χ1n) is 6.40. The average molecular weight is 262 g/mol. The number of hydrogen-bond acceptors (Lipinski definition) is 4. The SMILES string of the molecule is C/C(=C\Nc1ccccn1)C(O)CC(C)(C)CC=O. The van der Waals surface area contributed by atoms with Crippen LogP contribution in [0.15, 0.2) is 36.2 Å². The van der Waals surface area contributed by atoms with E-state index >= 15 is 0 Å². The lowest BCUT2D eigenvalue weighted by Crippen LogP contribution is -2.22. The topological polar surface area (TPSA) is 62.2 Å². The highest BCUT2D eigenvalue weighted by Crippen LogP contribution is 2.27. The number of aldehydes is 1. The van der Waals surface area contributed by atoms with Crippen LogP contribution in [0.1, 0.15) is 33.6 Å². The molecule has 4 nitrogen and oxygen atoms in total. The van der Waals surface area contributed by atoms with E-state index in [1.165, 1.54) is 0 Å². The van der Waals surface area contributed by atoms with Crippen LogP contribution >= 0.6 is 0 Å². The number of nitrogens with one attached hydrogen (secondary N) is 1. The summed E-state index contributed by atoms with van der Waals surface area (Å²) in [6, 6.07) is 5.59. The molecule has 104 valence electrons. The van der Waals surface area contributed by atoms with Gasteiger partial charge in [0.05, 0.1) is 6.10 Å². The van der Waals surface area contributed by atoms with Gasteiger partial charge in [-0.15, -0.1) is 0 Å². The molecule has 0 bridgehead atoms. The van der Waals surface area contributed by atoms with Crippen molar-refractivity contribution in [3.63, 3.8) is 0 Å². The minimum Gasteiger partial charge on any atom is -0.389 e. The summed E-state index contributed by atoms with van der Waals surface area (Å²) in [5, 5.41) is 13.2. The lowest BCUT2D eigenvalue weighted by Gasteiger charge is -2.25. The van der Waals surface area contributed by atoms with Gasteiger partial charge in [-0.25, -0.2) is 4.98 Å². The van der Waals surface area contributed by atoms with Crippen molar-refractivity contribution in [1.82, 2.24) is 4.98 Å². The number of pyridine rings is 1. The first kappa shape index (κ1) is 15.4. The molecule has 0 aliphatic heterocycles. The van der Waals surface area contributed by atoms with Crippen LogP contribution in [0.25, 0.3) is 0 Å². The van der Waals surface area contributed by atoms with E-state index in [9.17, 15) is 9.90 Å². The van der Waals surface area contributed by atoms with Gasteiger partial charge in [0.25, 0.3) is 0 Å². The summed E-state index contributed by atoms with van der Waals surface area (Å²) in [6.07, 6.45) is 4.80. The Morgan fingerprint density at radius 3 is 2.84 bits per heavy atom. The Hall–Kier alpha value is -1.68. The van der Waals surface area contributed by atoms with E-state index in [4.69, 9.17) is 0 Å². The van der Waals surface area contributed by atoms with Crippen molar-refractivity contribution in [2.75, 3.05) is 5.32 Å². The number of aliphatic hydroxyl groups excluding tert-OH is 1. The summed E-state index contributed by atoms with van der Waals surface area (Å²) >= 11 is 0. The maximum Gasteiger partial charge on any atom is 0.129 e. The molecule has 1 atom stereocenters. The van der Waals surface area contributed by atoms with Crippen LogP contribution < -0.4 is 5.32 Å². The summed E-state index contributed by atoms with van der Waals surface area (Å²) in [7, 11) is 0. The quantitative estimate of drug-likeness (QED) is 0.742. The van der Waals surface area contributed by atoms with Crippen LogP contribution in [0.3, 0.4) is 0 Å². The van der Waals surface area contributed by atoms with E-state index in [2.05, 4.69) is 10.3 Å². The molecule has 19 heavy (non-hydrogen) atoms. The zero-order chi connectivity index (χ0) is 14.3. The lowest BCUT2D eigenvalue weighted by atomic mass is 9.82. The predicted octanol–water partition coefficient (Wildman–Crippen LogP) is 2.76. The molecule has 1 heterocycles. The second-order valence-corrected chi connectivity index (χ2v) is 5.50. The number of rotatable bonds is 7. The molecule has 4 heteroatoms. The van der Waals surface area contributed by atoms with Crippen molar-refractivity contribution in [3.05, 3.63) is 36.2 Å². The minimum atomic E-state index is -0.564. The number of nitrogens with zero attached hydrogens (tertiary/aromatic N) is 1. The summed E-state index contributed by atoms with van der Waals surface area (Å²) in [4.78, 5) is 14.7. The monoisotopic (exact) mass is 262 g/mol. The fourth-order valence-corrected chi connectivity index (χ4v) is 1.73. The van der Waals surface area contributed by atoms with E-state index in [1.54, 1.807) is 12.4 Å². The number of anilines is 1. The summed E-state index contributed by atoms with van der Waals surface area (Å²) in [5.74, 6) is 0.737. The number of aromatic nitrogens is 1. The molecule has 1 aromatic rings. The molecule has 0 aromatic carbocycles. The van der Waals surface area contributed by atoms with E-state index in [0.717, 1.165) is 17.7 Å². The van der Waals surface area contributed by atoms with Crippen LogP contribution in [0.4, 0.5) is 5.82 Å². The van der Waals surface area contributed by atoms with Gasteiger partial charge < -0.3 is 15.2 Å². The average Bonchev–Trinajstić information content (AvgIpc) is 2.36. The first-order chi connectivity index (χ1) is 8.94. The van der Waals surface area contributed by atoms with Crippen molar-refractivity contribution >= 4 is 12.1 Å². The van der Waals surface area contributed by atoms with Crippen molar-refractivity contribution in [1.29, 1.82) is 0 Å². The van der Waals surface area contributed by atoms with Gasteiger partial charge in [0, 0.05) is 18.8 Å². The fraction of sp³-hybridized carbons (Fsp3) is 0.467. The van der Waals surface area contributed by atoms with Gasteiger partial charge in [-0.2, -0.15) is 0 Å².